The molecule has 2 rings (SSSR count). The van der Waals surface area contributed by atoms with Crippen LogP contribution in [0.5, 0.6) is 0 Å². The topological polar surface area (TPSA) is 0 Å². The van der Waals surface area contributed by atoms with Crippen molar-refractivity contribution in [2.24, 2.45) is 0 Å². The van der Waals surface area contributed by atoms with Crippen molar-refractivity contribution in [3.8, 4) is 0 Å². The molecule has 2 aromatic rings. The van der Waals surface area contributed by atoms with E-state index in [1.807, 2.05) is 27.7 Å². The summed E-state index contributed by atoms with van der Waals surface area (Å²) in [7, 11) is 0. The third kappa shape index (κ3) is 9.90. The van der Waals surface area contributed by atoms with E-state index in [1.165, 1.54) is 43.2 Å². The van der Waals surface area contributed by atoms with Crippen molar-refractivity contribution in [3.05, 3.63) is 71.8 Å². The predicted octanol–water partition coefficient (Wildman–Crippen LogP) is 6.69. The van der Waals surface area contributed by atoms with Gasteiger partial charge in [0.1, 0.15) is 0 Å². The maximum absolute atomic E-state index is 2.22. The van der Waals surface area contributed by atoms with Crippen molar-refractivity contribution in [1.29, 1.82) is 0 Å². The second-order valence-corrected chi connectivity index (χ2v) is 4.53. The van der Waals surface area contributed by atoms with Crippen LogP contribution in [0.3, 0.4) is 0 Å². The molecule has 2 aromatic carbocycles. The molecule has 0 aliphatic carbocycles. The van der Waals surface area contributed by atoms with E-state index in [-0.39, 0.29) is 0 Å². The summed E-state index contributed by atoms with van der Waals surface area (Å²) in [6.07, 6.45) is 6.36. The van der Waals surface area contributed by atoms with Gasteiger partial charge in [-0.15, -0.1) is 0 Å². The standard InChI is InChI=1S/C17H20.2C2H6/c1-4-10-16(11-5-1)14-8-3-9-15-17-12-6-2-7-13-17;2*1-2/h1-2,4-7,10-13H,3,8-9,14-15H2;2*1-2H3. The number of hydrogen-bond acceptors (Lipinski definition) is 0. The third-order valence-electron chi connectivity index (χ3n) is 3.12. The minimum Gasteiger partial charge on any atom is -0.0683 e. The maximum atomic E-state index is 2.22. The number of benzene rings is 2. The maximum Gasteiger partial charge on any atom is -0.0279 e. The molecule has 116 valence electrons. The number of hydrogen-bond donors (Lipinski definition) is 0. The van der Waals surface area contributed by atoms with Gasteiger partial charge in [0.15, 0.2) is 0 Å². The van der Waals surface area contributed by atoms with Crippen molar-refractivity contribution in [1.82, 2.24) is 0 Å². The first-order valence-electron chi connectivity index (χ1n) is 8.53. The SMILES string of the molecule is CC.CC.c1ccc(CCCCCc2ccccc2)cc1. The van der Waals surface area contributed by atoms with Crippen LogP contribution in [0.1, 0.15) is 58.1 Å². The van der Waals surface area contributed by atoms with E-state index in [0.717, 1.165) is 0 Å². The minimum absolute atomic E-state index is 1.22. The van der Waals surface area contributed by atoms with Crippen molar-refractivity contribution in [2.75, 3.05) is 0 Å². The van der Waals surface area contributed by atoms with Crippen LogP contribution in [0.15, 0.2) is 60.7 Å². The van der Waals surface area contributed by atoms with Gasteiger partial charge in [0, 0.05) is 0 Å². The van der Waals surface area contributed by atoms with Gasteiger partial charge in [-0.05, 0) is 36.8 Å². The second kappa shape index (κ2) is 14.8. The van der Waals surface area contributed by atoms with Gasteiger partial charge in [-0.25, -0.2) is 0 Å². The molecule has 0 aliphatic rings. The molecular formula is C21H32. The predicted molar refractivity (Wildman–Crippen MR) is 96.8 cm³/mol. The van der Waals surface area contributed by atoms with Gasteiger partial charge < -0.3 is 0 Å². The summed E-state index contributed by atoms with van der Waals surface area (Å²) in [4.78, 5) is 0. The van der Waals surface area contributed by atoms with Gasteiger partial charge in [0.25, 0.3) is 0 Å². The zero-order valence-corrected chi connectivity index (χ0v) is 14.3. The molecule has 0 amide bonds. The van der Waals surface area contributed by atoms with Crippen LogP contribution in [0.4, 0.5) is 0 Å². The Hall–Kier alpha value is -1.56. The Bertz CT molecular complexity index is 361. The molecule has 21 heavy (non-hydrogen) atoms. The van der Waals surface area contributed by atoms with Gasteiger partial charge in [0.2, 0.25) is 0 Å². The Labute approximate surface area is 132 Å². The lowest BCUT2D eigenvalue weighted by Crippen LogP contribution is -1.88. The summed E-state index contributed by atoms with van der Waals surface area (Å²) >= 11 is 0. The molecule has 0 heterocycles. The highest BCUT2D eigenvalue weighted by atomic mass is 14.0. The van der Waals surface area contributed by atoms with E-state index in [9.17, 15) is 0 Å². The molecule has 0 aliphatic heterocycles. The molecule has 0 saturated carbocycles. The lowest BCUT2D eigenvalue weighted by Gasteiger charge is -2.02. The molecular weight excluding hydrogens is 252 g/mol. The molecule has 0 unspecified atom stereocenters. The summed E-state index contributed by atoms with van der Waals surface area (Å²) in [6, 6.07) is 21.5. The van der Waals surface area contributed by atoms with Gasteiger partial charge in [0.05, 0.1) is 0 Å². The summed E-state index contributed by atoms with van der Waals surface area (Å²) < 4.78 is 0. The molecule has 0 radical (unpaired) electrons. The van der Waals surface area contributed by atoms with Crippen molar-refractivity contribution < 1.29 is 0 Å². The minimum atomic E-state index is 1.22. The molecule has 0 atom stereocenters. The average molecular weight is 284 g/mol. The van der Waals surface area contributed by atoms with E-state index in [0.29, 0.717) is 0 Å². The first-order chi connectivity index (χ1) is 10.4. The monoisotopic (exact) mass is 284 g/mol. The first-order valence-corrected chi connectivity index (χ1v) is 8.53. The molecule has 0 spiro atoms. The largest absolute Gasteiger partial charge is 0.0683 e. The van der Waals surface area contributed by atoms with Crippen molar-refractivity contribution >= 4 is 0 Å². The highest BCUT2D eigenvalue weighted by Gasteiger charge is 1.94. The molecule has 0 fully saturated rings. The van der Waals surface area contributed by atoms with Crippen LogP contribution < -0.4 is 0 Å². The fourth-order valence-corrected chi connectivity index (χ4v) is 2.12. The van der Waals surface area contributed by atoms with Crippen LogP contribution in [0.25, 0.3) is 0 Å². The Balaban J connectivity index is 0.000000921. The van der Waals surface area contributed by atoms with Crippen LogP contribution in [-0.4, -0.2) is 0 Å². The zero-order valence-electron chi connectivity index (χ0n) is 14.3. The first kappa shape index (κ1) is 19.4. The highest BCUT2D eigenvalue weighted by molar-refractivity contribution is 5.15. The van der Waals surface area contributed by atoms with Crippen molar-refractivity contribution in [2.45, 2.75) is 59.8 Å². The molecule has 0 bridgehead atoms. The van der Waals surface area contributed by atoms with Gasteiger partial charge in [-0.2, -0.15) is 0 Å². The Morgan fingerprint density at radius 2 is 0.810 bits per heavy atom. The third-order valence-corrected chi connectivity index (χ3v) is 3.12. The number of unbranched alkanes of at least 4 members (excludes halogenated alkanes) is 2. The Kier molecular flexibility index (Phi) is 13.7. The highest BCUT2D eigenvalue weighted by Crippen LogP contribution is 2.09. The molecule has 0 aromatic heterocycles. The molecule has 0 N–H and O–H groups in total. The lowest BCUT2D eigenvalue weighted by molar-refractivity contribution is 0.678. The fraction of sp³-hybridized carbons (Fsp3) is 0.429. The molecule has 0 saturated heterocycles. The average Bonchev–Trinajstić information content (AvgIpc) is 2.60. The lowest BCUT2D eigenvalue weighted by atomic mass is 10.0. The Morgan fingerprint density at radius 3 is 1.14 bits per heavy atom. The normalized spacial score (nSPS) is 8.95. The summed E-state index contributed by atoms with van der Waals surface area (Å²) in [6.45, 7) is 8.00. The van der Waals surface area contributed by atoms with Crippen LogP contribution in [0, 0.1) is 0 Å². The van der Waals surface area contributed by atoms with Crippen LogP contribution in [0.2, 0.25) is 0 Å². The number of rotatable bonds is 6. The molecule has 0 nitrogen and oxygen atoms in total. The van der Waals surface area contributed by atoms with Gasteiger partial charge in [-0.1, -0.05) is 94.8 Å². The van der Waals surface area contributed by atoms with E-state index in [2.05, 4.69) is 60.7 Å². The number of aryl methyl sites for hydroxylation is 2. The van der Waals surface area contributed by atoms with E-state index in [4.69, 9.17) is 0 Å². The molecule has 0 heteroatoms. The summed E-state index contributed by atoms with van der Waals surface area (Å²) in [5.74, 6) is 0. The van der Waals surface area contributed by atoms with E-state index in [1.54, 1.807) is 0 Å². The van der Waals surface area contributed by atoms with Gasteiger partial charge >= 0.3 is 0 Å². The summed E-state index contributed by atoms with van der Waals surface area (Å²) in [5.41, 5.74) is 2.93. The van der Waals surface area contributed by atoms with Crippen LogP contribution in [-0.2, 0) is 12.8 Å². The van der Waals surface area contributed by atoms with E-state index >= 15 is 0 Å². The quantitative estimate of drug-likeness (QED) is 0.518. The second-order valence-electron chi connectivity index (χ2n) is 4.53. The van der Waals surface area contributed by atoms with Gasteiger partial charge in [-0.3, -0.25) is 0 Å². The van der Waals surface area contributed by atoms with E-state index < -0.39 is 0 Å². The summed E-state index contributed by atoms with van der Waals surface area (Å²) in [5, 5.41) is 0. The van der Waals surface area contributed by atoms with Crippen molar-refractivity contribution in [3.63, 3.8) is 0 Å². The zero-order chi connectivity index (χ0) is 15.8. The van der Waals surface area contributed by atoms with Crippen LogP contribution >= 0.6 is 0 Å². The smallest absolute Gasteiger partial charge is 0.0279 e. The Morgan fingerprint density at radius 1 is 0.476 bits per heavy atom. The fourth-order valence-electron chi connectivity index (χ4n) is 2.12.